The lowest BCUT2D eigenvalue weighted by Crippen LogP contribution is -2.62. The van der Waals surface area contributed by atoms with Gasteiger partial charge in [-0.05, 0) is 13.8 Å². The van der Waals surface area contributed by atoms with Crippen LogP contribution in [-0.4, -0.2) is 60.5 Å². The fourth-order valence-electron chi connectivity index (χ4n) is 1.92. The predicted molar refractivity (Wildman–Crippen MR) is 61.6 cm³/mol. The average Bonchev–Trinajstić information content (AvgIpc) is 2.28. The van der Waals surface area contributed by atoms with Crippen molar-refractivity contribution in [2.24, 2.45) is 0 Å². The van der Waals surface area contributed by atoms with Crippen LogP contribution >= 0.6 is 0 Å². The summed E-state index contributed by atoms with van der Waals surface area (Å²) in [4.78, 5) is 35.8. The van der Waals surface area contributed by atoms with Crippen LogP contribution in [0.4, 0.5) is 0 Å². The molecule has 2 aliphatic heterocycles. The molecule has 0 aliphatic carbocycles. The van der Waals surface area contributed by atoms with E-state index >= 15 is 0 Å². The number of hydrogen-bond donors (Lipinski definition) is 2. The van der Waals surface area contributed by atoms with E-state index in [-0.39, 0.29) is 24.7 Å². The Bertz CT molecular complexity index is 392. The van der Waals surface area contributed by atoms with Gasteiger partial charge in [0.1, 0.15) is 19.2 Å². The van der Waals surface area contributed by atoms with Crippen molar-refractivity contribution in [2.45, 2.75) is 25.5 Å². The second kappa shape index (κ2) is 4.66. The summed E-state index contributed by atoms with van der Waals surface area (Å²) in [6, 6.07) is -0.633. The molecular formula is C11H17N3O4. The monoisotopic (exact) mass is 255 g/mol. The zero-order valence-corrected chi connectivity index (χ0v) is 10.5. The minimum Gasteiger partial charge on any atom is -0.363 e. The number of piperazine rings is 1. The topological polar surface area (TPSA) is 87.7 Å². The van der Waals surface area contributed by atoms with Crippen LogP contribution in [0.3, 0.4) is 0 Å². The van der Waals surface area contributed by atoms with Gasteiger partial charge in [0.05, 0.1) is 5.60 Å². The molecule has 0 aromatic rings. The van der Waals surface area contributed by atoms with Crippen molar-refractivity contribution in [2.75, 3.05) is 26.2 Å². The van der Waals surface area contributed by atoms with E-state index in [1.807, 2.05) is 6.92 Å². The summed E-state index contributed by atoms with van der Waals surface area (Å²) < 4.78 is 5.50. The highest BCUT2D eigenvalue weighted by atomic mass is 16.5. The molecule has 2 fully saturated rings. The molecule has 3 amide bonds. The van der Waals surface area contributed by atoms with Crippen molar-refractivity contribution in [3.05, 3.63) is 0 Å². The minimum atomic E-state index is -0.633. The molecular weight excluding hydrogens is 238 g/mol. The first-order chi connectivity index (χ1) is 8.41. The van der Waals surface area contributed by atoms with E-state index in [1.54, 1.807) is 6.92 Å². The number of ether oxygens (including phenoxy) is 1. The Kier molecular flexibility index (Phi) is 3.36. The molecule has 0 aromatic heterocycles. The second-order valence-corrected chi connectivity index (χ2v) is 4.95. The lowest BCUT2D eigenvalue weighted by atomic mass is 10.0. The number of imide groups is 1. The summed E-state index contributed by atoms with van der Waals surface area (Å²) in [5.74, 6) is -1.24. The molecule has 7 nitrogen and oxygen atoms in total. The Morgan fingerprint density at radius 3 is 2.72 bits per heavy atom. The molecule has 0 spiro atoms. The summed E-state index contributed by atoms with van der Waals surface area (Å²) in [5, 5.41) is 5.25. The largest absolute Gasteiger partial charge is 0.363 e. The van der Waals surface area contributed by atoms with E-state index in [0.29, 0.717) is 13.1 Å². The lowest BCUT2D eigenvalue weighted by molar-refractivity contribution is -0.156. The van der Waals surface area contributed by atoms with E-state index in [0.717, 1.165) is 0 Å². The van der Waals surface area contributed by atoms with E-state index in [9.17, 15) is 14.4 Å². The minimum absolute atomic E-state index is 0.0932. The van der Waals surface area contributed by atoms with E-state index in [2.05, 4.69) is 10.6 Å². The molecule has 0 bridgehead atoms. The number of carbonyl (C=O) groups excluding carboxylic acids is 3. The summed E-state index contributed by atoms with van der Waals surface area (Å²) in [7, 11) is 0. The van der Waals surface area contributed by atoms with Crippen LogP contribution < -0.4 is 10.6 Å². The third-order valence-corrected chi connectivity index (χ3v) is 3.29. The van der Waals surface area contributed by atoms with Crippen molar-refractivity contribution >= 4 is 17.7 Å². The first-order valence-electron chi connectivity index (χ1n) is 5.89. The molecule has 0 radical (unpaired) electrons. The van der Waals surface area contributed by atoms with Gasteiger partial charge in [0, 0.05) is 13.1 Å². The molecule has 1 unspecified atom stereocenters. The summed E-state index contributed by atoms with van der Waals surface area (Å²) >= 11 is 0. The molecule has 18 heavy (non-hydrogen) atoms. The normalized spacial score (nSPS) is 26.6. The standard InChI is InChI=1S/C11H17N3O4/c1-7-10(17)13-8(15)3-14(7)9(16)4-18-11(2)5-12-6-11/h7,12H,3-6H2,1-2H3,(H,13,15,17). The molecule has 100 valence electrons. The zero-order chi connectivity index (χ0) is 13.3. The molecule has 2 rings (SSSR count). The van der Waals surface area contributed by atoms with Gasteiger partial charge in [0.2, 0.25) is 17.7 Å². The Morgan fingerprint density at radius 2 is 2.17 bits per heavy atom. The van der Waals surface area contributed by atoms with Crippen LogP contribution in [0.2, 0.25) is 0 Å². The van der Waals surface area contributed by atoms with Gasteiger partial charge in [-0.15, -0.1) is 0 Å². The van der Waals surface area contributed by atoms with Gasteiger partial charge >= 0.3 is 0 Å². The number of amides is 3. The van der Waals surface area contributed by atoms with Crippen molar-refractivity contribution in [1.82, 2.24) is 15.5 Å². The highest BCUT2D eigenvalue weighted by Gasteiger charge is 2.36. The maximum Gasteiger partial charge on any atom is 0.249 e. The van der Waals surface area contributed by atoms with Crippen molar-refractivity contribution in [1.29, 1.82) is 0 Å². The lowest BCUT2D eigenvalue weighted by Gasteiger charge is -2.39. The molecule has 0 saturated carbocycles. The fraction of sp³-hybridized carbons (Fsp3) is 0.727. The molecule has 0 aromatic carbocycles. The third-order valence-electron chi connectivity index (χ3n) is 3.29. The number of nitrogens with zero attached hydrogens (tertiary/aromatic N) is 1. The van der Waals surface area contributed by atoms with Gasteiger partial charge in [-0.2, -0.15) is 0 Å². The first-order valence-corrected chi connectivity index (χ1v) is 5.89. The van der Waals surface area contributed by atoms with Gasteiger partial charge in [0.25, 0.3) is 0 Å². The molecule has 2 N–H and O–H groups in total. The molecule has 2 aliphatic rings. The molecule has 2 saturated heterocycles. The number of rotatable bonds is 3. The summed E-state index contributed by atoms with van der Waals surface area (Å²) in [6.07, 6.45) is 0. The summed E-state index contributed by atoms with van der Waals surface area (Å²) in [5.41, 5.74) is -0.318. The summed E-state index contributed by atoms with van der Waals surface area (Å²) in [6.45, 7) is 4.71. The van der Waals surface area contributed by atoms with Crippen LogP contribution in [0.25, 0.3) is 0 Å². The van der Waals surface area contributed by atoms with Gasteiger partial charge in [-0.3, -0.25) is 19.7 Å². The van der Waals surface area contributed by atoms with Crippen molar-refractivity contribution in [3.63, 3.8) is 0 Å². The second-order valence-electron chi connectivity index (χ2n) is 4.95. The number of carbonyl (C=O) groups is 3. The predicted octanol–water partition coefficient (Wildman–Crippen LogP) is -1.76. The molecule has 7 heteroatoms. The van der Waals surface area contributed by atoms with Crippen molar-refractivity contribution < 1.29 is 19.1 Å². The van der Waals surface area contributed by atoms with Gasteiger partial charge in [0.15, 0.2) is 0 Å². The van der Waals surface area contributed by atoms with Gasteiger partial charge in [-0.25, -0.2) is 0 Å². The number of nitrogens with one attached hydrogen (secondary N) is 2. The fourth-order valence-corrected chi connectivity index (χ4v) is 1.92. The van der Waals surface area contributed by atoms with Crippen LogP contribution in [0, 0.1) is 0 Å². The quantitative estimate of drug-likeness (QED) is 0.583. The molecule has 1 atom stereocenters. The van der Waals surface area contributed by atoms with Gasteiger partial charge < -0.3 is 15.0 Å². The maximum atomic E-state index is 11.9. The van der Waals surface area contributed by atoms with Crippen LogP contribution in [0.1, 0.15) is 13.8 Å². The smallest absolute Gasteiger partial charge is 0.249 e. The molecule has 2 heterocycles. The Hall–Kier alpha value is -1.47. The van der Waals surface area contributed by atoms with E-state index in [1.165, 1.54) is 4.90 Å². The highest BCUT2D eigenvalue weighted by Crippen LogP contribution is 2.15. The highest BCUT2D eigenvalue weighted by molar-refractivity contribution is 6.04. The van der Waals surface area contributed by atoms with E-state index in [4.69, 9.17) is 4.74 Å². The maximum absolute atomic E-state index is 11.9. The SMILES string of the molecule is CC1C(=O)NC(=O)CN1C(=O)COC1(C)CNC1. The Labute approximate surface area is 105 Å². The zero-order valence-electron chi connectivity index (χ0n) is 10.5. The van der Waals surface area contributed by atoms with E-state index < -0.39 is 17.9 Å². The average molecular weight is 255 g/mol. The Balaban J connectivity index is 1.91. The first kappa shape index (κ1) is 13.0. The van der Waals surface area contributed by atoms with Crippen LogP contribution in [-0.2, 0) is 19.1 Å². The van der Waals surface area contributed by atoms with Crippen LogP contribution in [0.5, 0.6) is 0 Å². The Morgan fingerprint density at radius 1 is 1.50 bits per heavy atom. The van der Waals surface area contributed by atoms with Crippen molar-refractivity contribution in [3.8, 4) is 0 Å². The third kappa shape index (κ3) is 2.51. The van der Waals surface area contributed by atoms with Crippen LogP contribution in [0.15, 0.2) is 0 Å². The number of hydrogen-bond acceptors (Lipinski definition) is 5. The van der Waals surface area contributed by atoms with Gasteiger partial charge in [-0.1, -0.05) is 0 Å².